The molecule has 3 aromatic rings. The van der Waals surface area contributed by atoms with Crippen LogP contribution in [0.2, 0.25) is 0 Å². The number of hydrogen-bond acceptors (Lipinski definition) is 9. The third-order valence-corrected chi connectivity index (χ3v) is 7.20. The summed E-state index contributed by atoms with van der Waals surface area (Å²) in [4.78, 5) is 30.6. The fourth-order valence-electron chi connectivity index (χ4n) is 4.48. The number of aliphatic hydroxyl groups is 1. The van der Waals surface area contributed by atoms with Crippen molar-refractivity contribution in [3.8, 4) is 11.8 Å². The van der Waals surface area contributed by atoms with Crippen LogP contribution >= 0.6 is 11.8 Å². The van der Waals surface area contributed by atoms with E-state index in [9.17, 15) is 20.0 Å². The number of carbonyl (C=O) groups excluding carboxylic acids is 2. The van der Waals surface area contributed by atoms with Crippen LogP contribution in [0.3, 0.4) is 0 Å². The van der Waals surface area contributed by atoms with Gasteiger partial charge in [-0.2, -0.15) is 5.26 Å². The minimum atomic E-state index is -2.07. The van der Waals surface area contributed by atoms with E-state index in [-0.39, 0.29) is 23.3 Å². The second-order valence-corrected chi connectivity index (χ2v) is 9.48. The summed E-state index contributed by atoms with van der Waals surface area (Å²) >= 11 is 1.02. The first-order chi connectivity index (χ1) is 18.4. The fraction of sp³-hybridized carbons (Fsp3) is 0.286. The van der Waals surface area contributed by atoms with Gasteiger partial charge < -0.3 is 24.3 Å². The van der Waals surface area contributed by atoms with Gasteiger partial charge in [0.25, 0.3) is 0 Å². The average molecular weight is 534 g/mol. The molecule has 10 heteroatoms. The normalized spacial score (nSPS) is 22.6. The van der Waals surface area contributed by atoms with Gasteiger partial charge in [0.2, 0.25) is 5.91 Å². The van der Waals surface area contributed by atoms with Crippen molar-refractivity contribution in [2.24, 2.45) is 16.8 Å². The highest BCUT2D eigenvalue weighted by molar-refractivity contribution is 8.14. The Morgan fingerprint density at radius 2 is 1.97 bits per heavy atom. The quantitative estimate of drug-likeness (QED) is 0.409. The van der Waals surface area contributed by atoms with Crippen LogP contribution in [0.5, 0.6) is 5.75 Å². The lowest BCUT2D eigenvalue weighted by atomic mass is 9.71. The van der Waals surface area contributed by atoms with E-state index in [1.165, 1.54) is 13.4 Å². The van der Waals surface area contributed by atoms with Gasteiger partial charge in [-0.05, 0) is 31.2 Å². The first-order valence-corrected chi connectivity index (χ1v) is 12.9. The third kappa shape index (κ3) is 5.59. The Balaban J connectivity index is 1.72. The fourth-order valence-corrected chi connectivity index (χ4v) is 5.41. The van der Waals surface area contributed by atoms with Crippen molar-refractivity contribution in [1.82, 2.24) is 0 Å². The highest BCUT2D eigenvalue weighted by Gasteiger charge is 2.57. The lowest BCUT2D eigenvalue weighted by Crippen LogP contribution is -2.50. The summed E-state index contributed by atoms with van der Waals surface area (Å²) in [5, 5.41) is 25.3. The van der Waals surface area contributed by atoms with E-state index in [0.717, 1.165) is 11.8 Å². The zero-order valence-electron chi connectivity index (χ0n) is 20.9. The maximum atomic E-state index is 13.3. The summed E-state index contributed by atoms with van der Waals surface area (Å²) in [5.74, 6) is -3.37. The van der Waals surface area contributed by atoms with Gasteiger partial charge in [-0.1, -0.05) is 48.2 Å². The summed E-state index contributed by atoms with van der Waals surface area (Å²) in [5.41, 5.74) is -1.16. The molecule has 2 heterocycles. The number of nitrogens with one attached hydrogen (secondary N) is 1. The van der Waals surface area contributed by atoms with Gasteiger partial charge in [0.15, 0.2) is 5.72 Å². The lowest BCUT2D eigenvalue weighted by molar-refractivity contribution is -0.162. The largest absolute Gasteiger partial charge is 0.497 e. The number of anilines is 1. The zero-order valence-corrected chi connectivity index (χ0v) is 21.7. The summed E-state index contributed by atoms with van der Waals surface area (Å²) in [6.07, 6.45) is 1.44. The van der Waals surface area contributed by atoms with E-state index in [1.54, 1.807) is 73.7 Å². The molecule has 0 bridgehead atoms. The van der Waals surface area contributed by atoms with Crippen molar-refractivity contribution >= 4 is 34.4 Å². The van der Waals surface area contributed by atoms with Crippen LogP contribution in [-0.4, -0.2) is 41.5 Å². The van der Waals surface area contributed by atoms with Gasteiger partial charge in [0.05, 0.1) is 42.8 Å². The molecule has 0 saturated heterocycles. The first kappa shape index (κ1) is 27.0. The zero-order chi connectivity index (χ0) is 27.1. The predicted octanol–water partition coefficient (Wildman–Crippen LogP) is 4.32. The first-order valence-electron chi connectivity index (χ1n) is 11.9. The van der Waals surface area contributed by atoms with Gasteiger partial charge in [-0.25, -0.2) is 4.99 Å². The number of rotatable bonds is 8. The number of methoxy groups -OCH3 is 1. The number of nitriles is 1. The average Bonchev–Trinajstić information content (AvgIpc) is 3.47. The Labute approximate surface area is 224 Å². The van der Waals surface area contributed by atoms with Crippen molar-refractivity contribution in [1.29, 1.82) is 5.26 Å². The van der Waals surface area contributed by atoms with Crippen LogP contribution < -0.4 is 10.1 Å². The molecule has 196 valence electrons. The summed E-state index contributed by atoms with van der Waals surface area (Å²) in [6.45, 7) is 1.75. The molecule has 0 saturated carbocycles. The summed E-state index contributed by atoms with van der Waals surface area (Å²) in [7, 11) is 1.53. The molecule has 4 atom stereocenters. The SMILES string of the molecule is CCOC(=O)[C@H]1[C@H](c2ccco2)[C@H](C#N)C(SCC(=O)Nc2cccc(OC)c2)=N[C@]1(O)c1ccccc1. The number of ether oxygens (including phenoxy) is 2. The monoisotopic (exact) mass is 533 g/mol. The molecule has 4 rings (SSSR count). The number of nitrogens with zero attached hydrogens (tertiary/aromatic N) is 2. The molecule has 0 spiro atoms. The van der Waals surface area contributed by atoms with E-state index < -0.39 is 29.4 Å². The maximum absolute atomic E-state index is 13.3. The number of thioether (sulfide) groups is 1. The van der Waals surface area contributed by atoms with Crippen LogP contribution in [0.1, 0.15) is 24.2 Å². The minimum absolute atomic E-state index is 0.0814. The number of esters is 1. The van der Waals surface area contributed by atoms with Gasteiger partial charge in [0.1, 0.15) is 23.3 Å². The van der Waals surface area contributed by atoms with Gasteiger partial charge in [0, 0.05) is 17.3 Å². The second-order valence-electron chi connectivity index (χ2n) is 8.49. The number of benzene rings is 2. The smallest absolute Gasteiger partial charge is 0.315 e. The number of amides is 1. The Hall–Kier alpha value is -4.07. The predicted molar refractivity (Wildman–Crippen MR) is 143 cm³/mol. The van der Waals surface area contributed by atoms with Crippen LogP contribution in [-0.2, 0) is 20.1 Å². The highest BCUT2D eigenvalue weighted by Crippen LogP contribution is 2.50. The van der Waals surface area contributed by atoms with E-state index in [2.05, 4.69) is 16.4 Å². The van der Waals surface area contributed by atoms with Crippen molar-refractivity contribution in [2.75, 3.05) is 24.8 Å². The number of carbonyl (C=O) groups is 2. The molecule has 1 aliphatic heterocycles. The molecule has 0 fully saturated rings. The molecule has 2 N–H and O–H groups in total. The molecule has 0 unspecified atom stereocenters. The molecule has 1 aliphatic rings. The Morgan fingerprint density at radius 3 is 2.63 bits per heavy atom. The van der Waals surface area contributed by atoms with E-state index >= 15 is 0 Å². The van der Waals surface area contributed by atoms with Crippen molar-refractivity contribution in [3.63, 3.8) is 0 Å². The summed E-state index contributed by atoms with van der Waals surface area (Å²) < 4.78 is 16.2. The van der Waals surface area contributed by atoms with Crippen molar-refractivity contribution in [3.05, 3.63) is 84.3 Å². The molecular weight excluding hydrogens is 506 g/mol. The van der Waals surface area contributed by atoms with Crippen LogP contribution in [0, 0.1) is 23.2 Å². The molecule has 2 aromatic carbocycles. The minimum Gasteiger partial charge on any atom is -0.497 e. The topological polar surface area (TPSA) is 134 Å². The number of furan rings is 1. The molecule has 0 aliphatic carbocycles. The Kier molecular flexibility index (Phi) is 8.51. The van der Waals surface area contributed by atoms with Gasteiger partial charge >= 0.3 is 5.97 Å². The van der Waals surface area contributed by atoms with Crippen LogP contribution in [0.4, 0.5) is 5.69 Å². The van der Waals surface area contributed by atoms with Gasteiger partial charge in [-0.15, -0.1) is 0 Å². The molecule has 38 heavy (non-hydrogen) atoms. The Bertz CT molecular complexity index is 1340. The van der Waals surface area contributed by atoms with Crippen LogP contribution in [0.15, 0.2) is 82.4 Å². The lowest BCUT2D eigenvalue weighted by Gasteiger charge is -2.42. The van der Waals surface area contributed by atoms with Crippen molar-refractivity contribution in [2.45, 2.75) is 18.6 Å². The standard InChI is InChI=1S/C28H27N3O6S/c1-3-36-27(33)25-24(22-13-8-14-37-22)21(16-29)26(31-28(25,34)18-9-5-4-6-10-18)38-17-23(32)30-19-11-7-12-20(15-19)35-2/h4-15,21,24-25,34H,3,17H2,1-2H3,(H,30,32)/t21-,24-,25+,28-/m0/s1. The third-order valence-electron chi connectivity index (χ3n) is 6.15. The van der Waals surface area contributed by atoms with E-state index in [0.29, 0.717) is 22.8 Å². The van der Waals surface area contributed by atoms with Gasteiger partial charge in [-0.3, -0.25) is 9.59 Å². The molecule has 9 nitrogen and oxygen atoms in total. The highest BCUT2D eigenvalue weighted by atomic mass is 32.2. The second kappa shape index (κ2) is 12.0. The van der Waals surface area contributed by atoms with Crippen molar-refractivity contribution < 1.29 is 28.6 Å². The number of hydrogen-bond donors (Lipinski definition) is 2. The van der Waals surface area contributed by atoms with E-state index in [4.69, 9.17) is 13.9 Å². The Morgan fingerprint density at radius 1 is 1.18 bits per heavy atom. The molecule has 0 radical (unpaired) electrons. The molecular formula is C28H27N3O6S. The van der Waals surface area contributed by atoms with Crippen LogP contribution in [0.25, 0.3) is 0 Å². The number of aliphatic imine (C=N–C) groups is 1. The van der Waals surface area contributed by atoms with E-state index in [1.807, 2.05) is 0 Å². The molecule has 1 aromatic heterocycles. The molecule has 1 amide bonds. The summed E-state index contributed by atoms with van der Waals surface area (Å²) in [6, 6.07) is 21.0. The maximum Gasteiger partial charge on any atom is 0.315 e.